The van der Waals surface area contributed by atoms with Crippen molar-refractivity contribution in [2.24, 2.45) is 0 Å². The molecule has 1 aromatic carbocycles. The second kappa shape index (κ2) is 8.07. The summed E-state index contributed by atoms with van der Waals surface area (Å²) in [5.41, 5.74) is 1.02. The third-order valence-electron chi connectivity index (χ3n) is 2.76. The lowest BCUT2D eigenvalue weighted by molar-refractivity contribution is 0.134. The normalized spacial score (nSPS) is 10.9. The molecule has 1 N–H and O–H groups in total. The van der Waals surface area contributed by atoms with Gasteiger partial charge in [-0.25, -0.2) is 4.98 Å². The molecule has 0 amide bonds. The van der Waals surface area contributed by atoms with E-state index in [0.717, 1.165) is 53.7 Å². The molecule has 2 aromatic rings. The highest BCUT2D eigenvalue weighted by molar-refractivity contribution is 7.22. The molecule has 110 valence electrons. The highest BCUT2D eigenvalue weighted by Gasteiger charge is 2.04. The van der Waals surface area contributed by atoms with Gasteiger partial charge in [0.25, 0.3) is 0 Å². The number of ether oxygens (including phenoxy) is 2. The van der Waals surface area contributed by atoms with E-state index in [1.165, 1.54) is 0 Å². The van der Waals surface area contributed by atoms with Gasteiger partial charge in [-0.2, -0.15) is 0 Å². The summed E-state index contributed by atoms with van der Waals surface area (Å²) in [6.07, 6.45) is 2.08. The minimum Gasteiger partial charge on any atom is -0.494 e. The number of fused-ring (bicyclic) bond motifs is 1. The van der Waals surface area contributed by atoms with E-state index in [-0.39, 0.29) is 0 Å². The molecule has 0 aliphatic heterocycles. The average Bonchev–Trinajstić information content (AvgIpc) is 2.85. The Labute approximate surface area is 124 Å². The number of aromatic nitrogens is 1. The lowest BCUT2D eigenvalue weighted by Gasteiger charge is -2.03. The number of nitrogens with zero attached hydrogens (tertiary/aromatic N) is 1. The predicted molar refractivity (Wildman–Crippen MR) is 85.0 cm³/mol. The Morgan fingerprint density at radius 2 is 2.15 bits per heavy atom. The van der Waals surface area contributed by atoms with Crippen LogP contribution in [0.15, 0.2) is 18.2 Å². The summed E-state index contributed by atoms with van der Waals surface area (Å²) in [5, 5.41) is 4.31. The molecule has 5 heteroatoms. The molecule has 0 spiro atoms. The monoisotopic (exact) mass is 294 g/mol. The molecule has 0 aliphatic rings. The average molecular weight is 294 g/mol. The molecule has 1 aromatic heterocycles. The fourth-order valence-corrected chi connectivity index (χ4v) is 2.77. The number of thiazole rings is 1. The van der Waals surface area contributed by atoms with Crippen molar-refractivity contribution < 1.29 is 9.47 Å². The van der Waals surface area contributed by atoms with Crippen molar-refractivity contribution in [2.75, 3.05) is 31.7 Å². The highest BCUT2D eigenvalue weighted by Crippen LogP contribution is 2.29. The quantitative estimate of drug-likeness (QED) is 0.712. The fourth-order valence-electron chi connectivity index (χ4n) is 1.85. The molecule has 0 bridgehead atoms. The Morgan fingerprint density at radius 1 is 1.25 bits per heavy atom. The predicted octanol–water partition coefficient (Wildman–Crippen LogP) is 3.92. The summed E-state index contributed by atoms with van der Waals surface area (Å²) in [6.45, 7) is 7.34. The SMILES string of the molecule is CCCOCCCNc1nc2ccc(OCC)cc2s1. The standard InChI is InChI=1S/C15H22N2O2S/c1-3-9-18-10-5-8-16-15-17-13-7-6-12(19-4-2)11-14(13)20-15/h6-7,11H,3-5,8-10H2,1-2H3,(H,16,17). The molecule has 0 unspecified atom stereocenters. The van der Waals surface area contributed by atoms with Crippen LogP contribution in [0.4, 0.5) is 5.13 Å². The molecule has 0 saturated heterocycles. The van der Waals surface area contributed by atoms with Gasteiger partial charge in [0, 0.05) is 19.8 Å². The van der Waals surface area contributed by atoms with E-state index in [4.69, 9.17) is 9.47 Å². The van der Waals surface area contributed by atoms with Crippen molar-refractivity contribution in [1.82, 2.24) is 4.98 Å². The largest absolute Gasteiger partial charge is 0.494 e. The summed E-state index contributed by atoms with van der Waals surface area (Å²) in [7, 11) is 0. The molecule has 2 rings (SSSR count). The molecule has 0 fully saturated rings. The van der Waals surface area contributed by atoms with Gasteiger partial charge in [0.2, 0.25) is 0 Å². The van der Waals surface area contributed by atoms with Gasteiger partial charge in [-0.3, -0.25) is 0 Å². The van der Waals surface area contributed by atoms with Crippen LogP contribution in [-0.4, -0.2) is 31.3 Å². The van der Waals surface area contributed by atoms with Gasteiger partial charge in [-0.1, -0.05) is 18.3 Å². The van der Waals surface area contributed by atoms with Crippen LogP contribution < -0.4 is 10.1 Å². The van der Waals surface area contributed by atoms with Gasteiger partial charge in [0.15, 0.2) is 5.13 Å². The Bertz CT molecular complexity index is 528. The third kappa shape index (κ3) is 4.35. The van der Waals surface area contributed by atoms with Crippen molar-refractivity contribution >= 4 is 26.7 Å². The van der Waals surface area contributed by atoms with E-state index < -0.39 is 0 Å². The Hall–Kier alpha value is -1.33. The molecule has 0 aliphatic carbocycles. The van der Waals surface area contributed by atoms with Crippen LogP contribution in [0, 0.1) is 0 Å². The second-order valence-electron chi connectivity index (χ2n) is 4.47. The lowest BCUT2D eigenvalue weighted by atomic mass is 10.3. The number of nitrogens with one attached hydrogen (secondary N) is 1. The number of rotatable bonds is 9. The first-order valence-electron chi connectivity index (χ1n) is 7.18. The summed E-state index contributed by atoms with van der Waals surface area (Å²) < 4.78 is 12.1. The van der Waals surface area contributed by atoms with Gasteiger partial charge in [0.05, 0.1) is 16.8 Å². The minimum absolute atomic E-state index is 0.688. The van der Waals surface area contributed by atoms with Crippen molar-refractivity contribution in [3.63, 3.8) is 0 Å². The number of hydrogen-bond acceptors (Lipinski definition) is 5. The van der Waals surface area contributed by atoms with Crippen LogP contribution in [0.2, 0.25) is 0 Å². The van der Waals surface area contributed by atoms with E-state index in [9.17, 15) is 0 Å². The summed E-state index contributed by atoms with van der Waals surface area (Å²) in [5.74, 6) is 0.906. The fraction of sp³-hybridized carbons (Fsp3) is 0.533. The van der Waals surface area contributed by atoms with E-state index in [2.05, 4.69) is 17.2 Å². The molecule has 0 atom stereocenters. The minimum atomic E-state index is 0.688. The van der Waals surface area contributed by atoms with Gasteiger partial charge >= 0.3 is 0 Å². The van der Waals surface area contributed by atoms with Gasteiger partial charge in [-0.05, 0) is 38.0 Å². The first-order chi connectivity index (χ1) is 9.83. The van der Waals surface area contributed by atoms with E-state index in [1.54, 1.807) is 11.3 Å². The maximum absolute atomic E-state index is 5.50. The first-order valence-corrected chi connectivity index (χ1v) is 8.00. The van der Waals surface area contributed by atoms with Crippen LogP contribution in [0.1, 0.15) is 26.7 Å². The maximum atomic E-state index is 5.50. The molecule has 1 heterocycles. The Morgan fingerprint density at radius 3 is 2.95 bits per heavy atom. The Kier molecular flexibility index (Phi) is 6.08. The van der Waals surface area contributed by atoms with Crippen LogP contribution in [0.25, 0.3) is 10.2 Å². The second-order valence-corrected chi connectivity index (χ2v) is 5.50. The highest BCUT2D eigenvalue weighted by atomic mass is 32.1. The van der Waals surface area contributed by atoms with Crippen LogP contribution in [-0.2, 0) is 4.74 Å². The van der Waals surface area contributed by atoms with Crippen molar-refractivity contribution in [1.29, 1.82) is 0 Å². The van der Waals surface area contributed by atoms with Crippen molar-refractivity contribution in [3.8, 4) is 5.75 Å². The summed E-state index contributed by atoms with van der Waals surface area (Å²) >= 11 is 1.66. The number of hydrogen-bond donors (Lipinski definition) is 1. The van der Waals surface area contributed by atoms with Gasteiger partial charge < -0.3 is 14.8 Å². The smallest absolute Gasteiger partial charge is 0.183 e. The molecule has 4 nitrogen and oxygen atoms in total. The molecule has 20 heavy (non-hydrogen) atoms. The maximum Gasteiger partial charge on any atom is 0.183 e. The van der Waals surface area contributed by atoms with E-state index in [0.29, 0.717) is 6.61 Å². The number of anilines is 1. The zero-order valence-electron chi connectivity index (χ0n) is 12.1. The van der Waals surface area contributed by atoms with E-state index >= 15 is 0 Å². The van der Waals surface area contributed by atoms with Crippen molar-refractivity contribution in [2.45, 2.75) is 26.7 Å². The molecular weight excluding hydrogens is 272 g/mol. The Balaban J connectivity index is 1.84. The van der Waals surface area contributed by atoms with Gasteiger partial charge in [-0.15, -0.1) is 0 Å². The third-order valence-corrected chi connectivity index (χ3v) is 3.74. The van der Waals surface area contributed by atoms with Crippen molar-refractivity contribution in [3.05, 3.63) is 18.2 Å². The molecular formula is C15H22N2O2S. The van der Waals surface area contributed by atoms with Crippen LogP contribution >= 0.6 is 11.3 Å². The molecule has 0 saturated carbocycles. The van der Waals surface area contributed by atoms with E-state index in [1.807, 2.05) is 25.1 Å². The van der Waals surface area contributed by atoms with Crippen LogP contribution in [0.5, 0.6) is 5.75 Å². The molecule has 0 radical (unpaired) electrons. The topological polar surface area (TPSA) is 43.4 Å². The summed E-state index contributed by atoms with van der Waals surface area (Å²) in [6, 6.07) is 6.02. The lowest BCUT2D eigenvalue weighted by Crippen LogP contribution is -2.05. The zero-order valence-corrected chi connectivity index (χ0v) is 13.0. The first kappa shape index (κ1) is 15.1. The van der Waals surface area contributed by atoms with Gasteiger partial charge in [0.1, 0.15) is 5.75 Å². The van der Waals surface area contributed by atoms with Crippen LogP contribution in [0.3, 0.4) is 0 Å². The zero-order chi connectivity index (χ0) is 14.2. The number of benzene rings is 1. The summed E-state index contributed by atoms with van der Waals surface area (Å²) in [4.78, 5) is 4.56.